The number of hydrogen-bond donors (Lipinski definition) is 3. The molecule has 0 aliphatic heterocycles. The lowest BCUT2D eigenvalue weighted by atomic mass is 9.92. The van der Waals surface area contributed by atoms with E-state index in [9.17, 15) is 0 Å². The van der Waals surface area contributed by atoms with Gasteiger partial charge in [-0.1, -0.05) is 55.2 Å². The summed E-state index contributed by atoms with van der Waals surface area (Å²) in [5, 5.41) is 6.13. The van der Waals surface area contributed by atoms with Crippen molar-refractivity contribution in [3.63, 3.8) is 0 Å². The molecule has 6 N–H and O–H groups in total. The fourth-order valence-electron chi connectivity index (χ4n) is 1.09. The van der Waals surface area contributed by atoms with Crippen molar-refractivity contribution in [2.24, 2.45) is 11.1 Å². The molecule has 0 rings (SSSR count). The molecule has 0 saturated heterocycles. The van der Waals surface area contributed by atoms with Gasteiger partial charge in [-0.3, -0.25) is 0 Å². The molecule has 144 valence electrons. The van der Waals surface area contributed by atoms with E-state index in [1.54, 1.807) is 18.7 Å². The molecule has 0 fully saturated rings. The second kappa shape index (κ2) is 21.9. The summed E-state index contributed by atoms with van der Waals surface area (Å²) in [5.41, 5.74) is 6.00. The summed E-state index contributed by atoms with van der Waals surface area (Å²) < 4.78 is 8.52. The summed E-state index contributed by atoms with van der Waals surface area (Å²) in [6.07, 6.45) is 3.20. The fourth-order valence-corrected chi connectivity index (χ4v) is 2.08. The Bertz CT molecular complexity index is 264. The van der Waals surface area contributed by atoms with Crippen LogP contribution in [0.4, 0.5) is 0 Å². The second-order valence-corrected chi connectivity index (χ2v) is 7.92. The molecule has 0 spiro atoms. The first-order chi connectivity index (χ1) is 9.19. The minimum atomic E-state index is 0. The van der Waals surface area contributed by atoms with E-state index in [0.29, 0.717) is 22.1 Å². The minimum absolute atomic E-state index is 0. The first kappa shape index (κ1) is 34.2. The van der Waals surface area contributed by atoms with Gasteiger partial charge in [0.1, 0.15) is 0 Å². The van der Waals surface area contributed by atoms with Crippen LogP contribution >= 0.6 is 23.8 Å². The van der Waals surface area contributed by atoms with Crippen molar-refractivity contribution in [3.8, 4) is 0 Å². The average Bonchev–Trinajstić information content (AvgIpc) is 2.28. The normalized spacial score (nSPS) is 11.2. The van der Waals surface area contributed by atoms with E-state index in [1.165, 1.54) is 6.42 Å². The zero-order valence-corrected chi connectivity index (χ0v) is 15.7. The molecular formula is C17H42N2O2S2. The van der Waals surface area contributed by atoms with Gasteiger partial charge in [-0.05, 0) is 48.5 Å². The second-order valence-electron chi connectivity index (χ2n) is 5.98. The van der Waals surface area contributed by atoms with Crippen LogP contribution in [0.3, 0.4) is 0 Å². The summed E-state index contributed by atoms with van der Waals surface area (Å²) in [5.74, 6) is 0.678. The molecule has 0 bridgehead atoms. The van der Waals surface area contributed by atoms with Gasteiger partial charge in [-0.25, -0.2) is 0 Å². The highest BCUT2D eigenvalue weighted by molar-refractivity contribution is 8.02. The van der Waals surface area contributed by atoms with Crippen LogP contribution in [-0.4, -0.2) is 34.1 Å². The van der Waals surface area contributed by atoms with Crippen LogP contribution in [-0.2, 0) is 0 Å². The van der Waals surface area contributed by atoms with Crippen LogP contribution < -0.4 is 11.1 Å². The van der Waals surface area contributed by atoms with Crippen LogP contribution in [0.1, 0.15) is 55.9 Å². The van der Waals surface area contributed by atoms with Crippen molar-refractivity contribution in [2.75, 3.05) is 18.8 Å². The van der Waals surface area contributed by atoms with Gasteiger partial charge in [-0.2, -0.15) is 0 Å². The Morgan fingerprint density at radius 3 is 2.22 bits per heavy atom. The van der Waals surface area contributed by atoms with Gasteiger partial charge in [0.05, 0.1) is 0 Å². The van der Waals surface area contributed by atoms with E-state index >= 15 is 0 Å². The number of nitrogens with one attached hydrogen (secondary N) is 1. The fraction of sp³-hybridized carbons (Fsp3) is 0.765. The summed E-state index contributed by atoms with van der Waals surface area (Å²) in [6.45, 7) is 16.2. The van der Waals surface area contributed by atoms with Crippen LogP contribution in [0.2, 0.25) is 0 Å². The molecular weight excluding hydrogens is 328 g/mol. The largest absolute Gasteiger partial charge is 0.412 e. The smallest absolute Gasteiger partial charge is 0.0383 e. The third kappa shape index (κ3) is 44.9. The molecule has 0 aromatic rings. The molecule has 6 heteroatoms. The van der Waals surface area contributed by atoms with Crippen molar-refractivity contribution in [1.29, 1.82) is 0 Å². The molecule has 0 aromatic carbocycles. The van der Waals surface area contributed by atoms with Gasteiger partial charge in [0, 0.05) is 17.5 Å². The van der Waals surface area contributed by atoms with Crippen molar-refractivity contribution in [1.82, 2.24) is 5.32 Å². The number of nitrogens with two attached hydrogens (primary N) is 1. The summed E-state index contributed by atoms with van der Waals surface area (Å²) in [6, 6.07) is 0. The molecule has 23 heavy (non-hydrogen) atoms. The first-order valence-corrected chi connectivity index (χ1v) is 8.76. The van der Waals surface area contributed by atoms with Gasteiger partial charge >= 0.3 is 0 Å². The minimum Gasteiger partial charge on any atom is -0.412 e. The quantitative estimate of drug-likeness (QED) is 0.422. The Balaban J connectivity index is -0.000000138. The van der Waals surface area contributed by atoms with Gasteiger partial charge < -0.3 is 21.1 Å². The molecule has 1 unspecified atom stereocenters. The van der Waals surface area contributed by atoms with Crippen LogP contribution in [0.5, 0.6) is 0 Å². The van der Waals surface area contributed by atoms with Crippen LogP contribution in [0, 0.1) is 5.41 Å². The van der Waals surface area contributed by atoms with Gasteiger partial charge in [-0.15, -0.1) is 11.8 Å². The van der Waals surface area contributed by atoms with Crippen molar-refractivity contribution < 1.29 is 10.0 Å². The van der Waals surface area contributed by atoms with E-state index in [1.807, 2.05) is 6.08 Å². The van der Waals surface area contributed by atoms with Crippen LogP contribution in [0.25, 0.3) is 0 Å². The number of thioether (sulfide) groups is 1. The Labute approximate surface area is 154 Å². The molecule has 4 nitrogen and oxygen atoms in total. The standard InChI is InChI=1S/C12H25NOS2.C3H7N.2CH4.H2O/c1-11(15-8-5-9-16-14)10-13-7-6-12(2,3)4;1-3(2)4;;;/h5,8,11,13-14H,6-7,9-10H2,1-4H3;1,4H2,2H3;2*1H4;1H2/b8-5-;;;;. The van der Waals surface area contributed by atoms with E-state index in [2.05, 4.69) is 45.0 Å². The highest BCUT2D eigenvalue weighted by Crippen LogP contribution is 2.17. The molecule has 0 aromatic heterocycles. The van der Waals surface area contributed by atoms with Crippen molar-refractivity contribution in [2.45, 2.75) is 61.1 Å². The average molecular weight is 371 g/mol. The van der Waals surface area contributed by atoms with Gasteiger partial charge in [0.2, 0.25) is 0 Å². The third-order valence-electron chi connectivity index (χ3n) is 2.06. The summed E-state index contributed by atoms with van der Waals surface area (Å²) >= 11 is 2.67. The lowest BCUT2D eigenvalue weighted by molar-refractivity contribution is 0.368. The summed E-state index contributed by atoms with van der Waals surface area (Å²) in [7, 11) is 0. The Morgan fingerprint density at radius 1 is 1.35 bits per heavy atom. The SMILES string of the molecule is C.C.C=C(C)N.CC(CNCCC(C)(C)C)S/C=C\CSO.O. The summed E-state index contributed by atoms with van der Waals surface area (Å²) in [4.78, 5) is 0. The van der Waals surface area contributed by atoms with Gasteiger partial charge in [0.15, 0.2) is 0 Å². The predicted octanol–water partition coefficient (Wildman–Crippen LogP) is 4.78. The number of hydrogen-bond acceptors (Lipinski definition) is 5. The van der Waals surface area contributed by atoms with E-state index in [-0.39, 0.29) is 20.3 Å². The zero-order chi connectivity index (χ0) is 16.0. The van der Waals surface area contributed by atoms with Crippen LogP contribution in [0.15, 0.2) is 23.8 Å². The lowest BCUT2D eigenvalue weighted by Crippen LogP contribution is -2.26. The monoisotopic (exact) mass is 370 g/mol. The maximum absolute atomic E-state index is 8.52. The molecule has 0 saturated carbocycles. The number of allylic oxidation sites excluding steroid dienone is 1. The van der Waals surface area contributed by atoms with E-state index in [0.717, 1.165) is 25.1 Å². The topological polar surface area (TPSA) is 89.8 Å². The highest BCUT2D eigenvalue weighted by Gasteiger charge is 2.09. The maximum atomic E-state index is 8.52. The molecule has 0 radical (unpaired) electrons. The number of rotatable bonds is 8. The first-order valence-electron chi connectivity index (χ1n) is 6.87. The maximum Gasteiger partial charge on any atom is 0.0383 e. The van der Waals surface area contributed by atoms with E-state index in [4.69, 9.17) is 10.3 Å². The third-order valence-corrected chi connectivity index (χ3v) is 3.38. The predicted molar refractivity (Wildman–Crippen MR) is 114 cm³/mol. The Hall–Kier alpha value is -0.140. The van der Waals surface area contributed by atoms with Crippen molar-refractivity contribution >= 4 is 23.8 Å². The Kier molecular flexibility index (Phi) is 32.5. The van der Waals surface area contributed by atoms with Gasteiger partial charge in [0.25, 0.3) is 0 Å². The van der Waals surface area contributed by atoms with Crippen molar-refractivity contribution in [3.05, 3.63) is 23.8 Å². The lowest BCUT2D eigenvalue weighted by Gasteiger charge is -2.19. The molecule has 0 aliphatic rings. The molecule has 0 heterocycles. The molecule has 0 aliphatic carbocycles. The molecule has 1 atom stereocenters. The Morgan fingerprint density at radius 2 is 1.83 bits per heavy atom. The van der Waals surface area contributed by atoms with E-state index < -0.39 is 0 Å². The molecule has 0 amide bonds. The highest BCUT2D eigenvalue weighted by atomic mass is 32.2. The zero-order valence-electron chi connectivity index (χ0n) is 14.1.